The predicted octanol–water partition coefficient (Wildman–Crippen LogP) is 1.42. The van der Waals surface area contributed by atoms with Gasteiger partial charge in [-0.05, 0) is 50.3 Å². The quantitative estimate of drug-likeness (QED) is 0.788. The Balaban J connectivity index is 1.50. The van der Waals surface area contributed by atoms with Crippen molar-refractivity contribution in [2.75, 3.05) is 19.6 Å². The van der Waals surface area contributed by atoms with E-state index in [1.165, 1.54) is 4.31 Å². The van der Waals surface area contributed by atoms with Crippen LogP contribution in [0.25, 0.3) is 10.9 Å². The highest BCUT2D eigenvalue weighted by atomic mass is 32.2. The van der Waals surface area contributed by atoms with Crippen molar-refractivity contribution in [2.24, 2.45) is 11.7 Å². The number of pyridine rings is 1. The number of primary amides is 1. The van der Waals surface area contributed by atoms with Gasteiger partial charge in [-0.15, -0.1) is 0 Å². The van der Waals surface area contributed by atoms with E-state index in [0.29, 0.717) is 31.3 Å². The number of nitrogens with zero attached hydrogens (tertiary/aromatic N) is 3. The van der Waals surface area contributed by atoms with Crippen molar-refractivity contribution in [3.63, 3.8) is 0 Å². The van der Waals surface area contributed by atoms with Gasteiger partial charge in [-0.1, -0.05) is 12.1 Å². The van der Waals surface area contributed by atoms with E-state index in [9.17, 15) is 18.0 Å². The van der Waals surface area contributed by atoms with Crippen molar-refractivity contribution in [1.29, 1.82) is 0 Å². The van der Waals surface area contributed by atoms with Crippen LogP contribution in [0, 0.1) is 12.8 Å². The SMILES string of the molecule is Cc1cnc2c(S(=O)(=O)N3CCC(C(=O)N4CCC[C@@H]4C(N)=O)CC3)cccc2c1. The van der Waals surface area contributed by atoms with Gasteiger partial charge in [0, 0.05) is 37.1 Å². The second-order valence-corrected chi connectivity index (χ2v) is 10.0. The van der Waals surface area contributed by atoms with Gasteiger partial charge in [0.1, 0.15) is 10.9 Å². The molecule has 1 aromatic heterocycles. The van der Waals surface area contributed by atoms with Crippen LogP contribution in [0.1, 0.15) is 31.2 Å². The van der Waals surface area contributed by atoms with Gasteiger partial charge in [0.15, 0.2) is 0 Å². The molecule has 0 saturated carbocycles. The van der Waals surface area contributed by atoms with E-state index in [1.54, 1.807) is 23.2 Å². The molecule has 3 heterocycles. The van der Waals surface area contributed by atoms with Crippen LogP contribution >= 0.6 is 0 Å². The number of para-hydroxylation sites is 1. The first-order chi connectivity index (χ1) is 14.3. The maximum atomic E-state index is 13.3. The molecule has 2 amide bonds. The number of rotatable bonds is 4. The van der Waals surface area contributed by atoms with E-state index < -0.39 is 22.0 Å². The monoisotopic (exact) mass is 430 g/mol. The van der Waals surface area contributed by atoms with Crippen LogP contribution in [0.15, 0.2) is 35.4 Å². The minimum Gasteiger partial charge on any atom is -0.368 e. The number of likely N-dealkylation sites (tertiary alicyclic amines) is 1. The van der Waals surface area contributed by atoms with Crippen LogP contribution in [-0.2, 0) is 19.6 Å². The molecular formula is C21H26N4O4S. The van der Waals surface area contributed by atoms with Crippen LogP contribution < -0.4 is 5.73 Å². The van der Waals surface area contributed by atoms with Crippen molar-refractivity contribution in [3.05, 3.63) is 36.0 Å². The molecule has 1 atom stereocenters. The highest BCUT2D eigenvalue weighted by Crippen LogP contribution is 2.30. The Morgan fingerprint density at radius 2 is 1.87 bits per heavy atom. The normalized spacial score (nSPS) is 21.2. The molecule has 2 fully saturated rings. The Morgan fingerprint density at radius 1 is 1.13 bits per heavy atom. The molecule has 4 rings (SSSR count). The lowest BCUT2D eigenvalue weighted by molar-refractivity contribution is -0.141. The summed E-state index contributed by atoms with van der Waals surface area (Å²) in [4.78, 5) is 30.6. The number of piperidine rings is 1. The van der Waals surface area contributed by atoms with Crippen molar-refractivity contribution in [2.45, 2.75) is 43.5 Å². The highest BCUT2D eigenvalue weighted by Gasteiger charge is 2.39. The number of carbonyl (C=O) groups excluding carboxylic acids is 2. The molecule has 0 radical (unpaired) electrons. The van der Waals surface area contributed by atoms with Gasteiger partial charge in [0.2, 0.25) is 21.8 Å². The van der Waals surface area contributed by atoms with Crippen molar-refractivity contribution in [3.8, 4) is 0 Å². The average molecular weight is 431 g/mol. The van der Waals surface area contributed by atoms with Gasteiger partial charge in [0.05, 0.1) is 5.52 Å². The number of sulfonamides is 1. The molecule has 8 nitrogen and oxygen atoms in total. The molecule has 2 aliphatic rings. The fraction of sp³-hybridized carbons (Fsp3) is 0.476. The summed E-state index contributed by atoms with van der Waals surface area (Å²) in [6, 6.07) is 6.54. The first-order valence-electron chi connectivity index (χ1n) is 10.2. The van der Waals surface area contributed by atoms with Gasteiger partial charge < -0.3 is 10.6 Å². The molecule has 2 N–H and O–H groups in total. The summed E-state index contributed by atoms with van der Waals surface area (Å²) >= 11 is 0. The molecule has 30 heavy (non-hydrogen) atoms. The second kappa shape index (κ2) is 7.96. The van der Waals surface area contributed by atoms with E-state index in [-0.39, 0.29) is 29.8 Å². The lowest BCUT2D eigenvalue weighted by Gasteiger charge is -2.33. The minimum atomic E-state index is -3.72. The number of amides is 2. The van der Waals surface area contributed by atoms with E-state index >= 15 is 0 Å². The molecule has 0 spiro atoms. The molecule has 0 aliphatic carbocycles. The fourth-order valence-corrected chi connectivity index (χ4v) is 6.13. The summed E-state index contributed by atoms with van der Waals surface area (Å²) in [6.07, 6.45) is 3.88. The predicted molar refractivity (Wildman–Crippen MR) is 112 cm³/mol. The Labute approximate surface area is 176 Å². The van der Waals surface area contributed by atoms with Crippen LogP contribution in [0.2, 0.25) is 0 Å². The second-order valence-electron chi connectivity index (χ2n) is 8.11. The number of benzene rings is 1. The summed E-state index contributed by atoms with van der Waals surface area (Å²) in [5.41, 5.74) is 6.85. The Bertz CT molecular complexity index is 1090. The summed E-state index contributed by atoms with van der Waals surface area (Å²) < 4.78 is 28.0. The van der Waals surface area contributed by atoms with Gasteiger partial charge in [-0.2, -0.15) is 4.31 Å². The first kappa shape index (κ1) is 20.7. The molecule has 2 aromatic rings. The standard InChI is InChI=1S/C21H26N4O4S/c1-14-12-16-4-2-6-18(19(16)23-13-14)30(28,29)24-10-7-15(8-11-24)21(27)25-9-3-5-17(25)20(22)26/h2,4,6,12-13,15,17H,3,5,7-11H2,1H3,(H2,22,26)/t17-/m1/s1. The van der Waals surface area contributed by atoms with Crippen LogP contribution in [-0.4, -0.2) is 60.1 Å². The van der Waals surface area contributed by atoms with E-state index in [1.807, 2.05) is 19.1 Å². The van der Waals surface area contributed by atoms with Gasteiger partial charge in [0.25, 0.3) is 0 Å². The number of aryl methyl sites for hydroxylation is 1. The lowest BCUT2D eigenvalue weighted by atomic mass is 9.96. The number of hydrogen-bond donors (Lipinski definition) is 1. The lowest BCUT2D eigenvalue weighted by Crippen LogP contribution is -2.49. The van der Waals surface area contributed by atoms with Crippen LogP contribution in [0.5, 0.6) is 0 Å². The number of nitrogens with two attached hydrogens (primary N) is 1. The number of carbonyl (C=O) groups is 2. The topological polar surface area (TPSA) is 114 Å². The van der Waals surface area contributed by atoms with Gasteiger partial charge in [-0.3, -0.25) is 14.6 Å². The molecule has 0 bridgehead atoms. The summed E-state index contributed by atoms with van der Waals surface area (Å²) in [5.74, 6) is -0.847. The number of aromatic nitrogens is 1. The number of hydrogen-bond acceptors (Lipinski definition) is 5. The van der Waals surface area contributed by atoms with E-state index in [0.717, 1.165) is 17.4 Å². The molecule has 1 aromatic carbocycles. The first-order valence-corrected chi connectivity index (χ1v) is 11.7. The summed E-state index contributed by atoms with van der Waals surface area (Å²) in [6.45, 7) is 2.97. The average Bonchev–Trinajstić information content (AvgIpc) is 3.23. The van der Waals surface area contributed by atoms with Crippen LogP contribution in [0.4, 0.5) is 0 Å². The van der Waals surface area contributed by atoms with Crippen molar-refractivity contribution in [1.82, 2.24) is 14.2 Å². The van der Waals surface area contributed by atoms with Crippen molar-refractivity contribution < 1.29 is 18.0 Å². The smallest absolute Gasteiger partial charge is 0.245 e. The Hall–Kier alpha value is -2.52. The zero-order valence-corrected chi connectivity index (χ0v) is 17.8. The Kier molecular flexibility index (Phi) is 5.50. The molecule has 0 unspecified atom stereocenters. The van der Waals surface area contributed by atoms with Gasteiger partial charge in [-0.25, -0.2) is 8.42 Å². The van der Waals surface area contributed by atoms with Crippen LogP contribution in [0.3, 0.4) is 0 Å². The third-order valence-corrected chi connectivity index (χ3v) is 8.03. The minimum absolute atomic E-state index is 0.0874. The zero-order valence-electron chi connectivity index (χ0n) is 17.0. The van der Waals surface area contributed by atoms with Gasteiger partial charge >= 0.3 is 0 Å². The Morgan fingerprint density at radius 3 is 2.57 bits per heavy atom. The number of fused-ring (bicyclic) bond motifs is 1. The van der Waals surface area contributed by atoms with Crippen molar-refractivity contribution >= 4 is 32.7 Å². The third kappa shape index (κ3) is 3.67. The molecule has 2 aliphatic heterocycles. The molecule has 160 valence electrons. The largest absolute Gasteiger partial charge is 0.368 e. The molecular weight excluding hydrogens is 404 g/mol. The zero-order chi connectivity index (χ0) is 21.5. The highest BCUT2D eigenvalue weighted by molar-refractivity contribution is 7.89. The summed E-state index contributed by atoms with van der Waals surface area (Å²) in [5, 5.41) is 0.785. The fourth-order valence-electron chi connectivity index (χ4n) is 4.49. The maximum Gasteiger partial charge on any atom is 0.245 e. The summed E-state index contributed by atoms with van der Waals surface area (Å²) in [7, 11) is -3.72. The maximum absolute atomic E-state index is 13.3. The van der Waals surface area contributed by atoms with E-state index in [2.05, 4.69) is 4.98 Å². The molecule has 2 saturated heterocycles. The third-order valence-electron chi connectivity index (χ3n) is 6.10. The molecule has 9 heteroatoms. The van der Waals surface area contributed by atoms with E-state index in [4.69, 9.17) is 5.73 Å².